The average Bonchev–Trinajstić information content (AvgIpc) is 2.94. The lowest BCUT2D eigenvalue weighted by molar-refractivity contribution is 0.695. The molecule has 0 radical (unpaired) electrons. The third-order valence-electron chi connectivity index (χ3n) is 2.30. The zero-order valence-electron chi connectivity index (χ0n) is 9.39. The molecule has 0 unspecified atom stereocenters. The predicted molar refractivity (Wildman–Crippen MR) is 66.8 cm³/mol. The first-order chi connectivity index (χ1) is 7.90. The van der Waals surface area contributed by atoms with E-state index in [1.54, 1.807) is 11.3 Å². The van der Waals surface area contributed by atoms with Crippen LogP contribution in [0.15, 0.2) is 24.0 Å². The minimum atomic E-state index is 0.930. The molecule has 16 heavy (non-hydrogen) atoms. The van der Waals surface area contributed by atoms with Gasteiger partial charge in [-0.25, -0.2) is 9.97 Å². The molecule has 0 fully saturated rings. The Labute approximate surface area is 99.4 Å². The van der Waals surface area contributed by atoms with Crippen LogP contribution in [0.5, 0.6) is 0 Å². The summed E-state index contributed by atoms with van der Waals surface area (Å²) < 4.78 is 2.14. The summed E-state index contributed by atoms with van der Waals surface area (Å²) in [5.41, 5.74) is 0. The van der Waals surface area contributed by atoms with E-state index in [0.29, 0.717) is 0 Å². The maximum atomic E-state index is 4.29. The molecule has 2 aromatic rings. The molecule has 0 aliphatic rings. The van der Waals surface area contributed by atoms with E-state index in [0.717, 1.165) is 31.9 Å². The fourth-order valence-corrected chi connectivity index (χ4v) is 2.10. The van der Waals surface area contributed by atoms with Crippen LogP contribution in [0.3, 0.4) is 0 Å². The van der Waals surface area contributed by atoms with E-state index >= 15 is 0 Å². The van der Waals surface area contributed by atoms with Crippen molar-refractivity contribution in [3.63, 3.8) is 0 Å². The fourth-order valence-electron chi connectivity index (χ4n) is 1.49. The average molecular weight is 236 g/mol. The second kappa shape index (κ2) is 5.65. The summed E-state index contributed by atoms with van der Waals surface area (Å²) in [6, 6.07) is 0. The lowest BCUT2D eigenvalue weighted by atomic mass is 10.4. The van der Waals surface area contributed by atoms with Crippen molar-refractivity contribution in [2.24, 2.45) is 0 Å². The minimum Gasteiger partial charge on any atom is -0.356 e. The van der Waals surface area contributed by atoms with Gasteiger partial charge in [0.2, 0.25) is 5.95 Å². The first-order valence-electron chi connectivity index (χ1n) is 5.53. The first kappa shape index (κ1) is 11.1. The molecule has 0 atom stereocenters. The number of anilines is 1. The number of hydrogen-bond acceptors (Lipinski definition) is 4. The lowest BCUT2D eigenvalue weighted by Crippen LogP contribution is -2.09. The molecule has 0 bridgehead atoms. The third-order valence-corrected chi connectivity index (χ3v) is 3.14. The molecule has 0 aliphatic heterocycles. The second-order valence-electron chi connectivity index (χ2n) is 3.55. The van der Waals surface area contributed by atoms with Gasteiger partial charge in [-0.2, -0.15) is 0 Å². The Balaban J connectivity index is 1.91. The van der Waals surface area contributed by atoms with Crippen molar-refractivity contribution in [3.8, 4) is 0 Å². The van der Waals surface area contributed by atoms with Crippen molar-refractivity contribution in [2.75, 3.05) is 11.9 Å². The minimum absolute atomic E-state index is 0.930. The Bertz CT molecular complexity index is 407. The number of nitrogens with one attached hydrogen (secondary N) is 1. The van der Waals surface area contributed by atoms with Gasteiger partial charge in [0.25, 0.3) is 0 Å². The van der Waals surface area contributed by atoms with Crippen molar-refractivity contribution in [1.29, 1.82) is 0 Å². The van der Waals surface area contributed by atoms with E-state index in [4.69, 9.17) is 0 Å². The first-order valence-corrected chi connectivity index (χ1v) is 6.41. The summed E-state index contributed by atoms with van der Waals surface area (Å²) in [4.78, 5) is 8.56. The topological polar surface area (TPSA) is 42.7 Å². The zero-order chi connectivity index (χ0) is 11.2. The Morgan fingerprint density at radius 1 is 1.38 bits per heavy atom. The Morgan fingerprint density at radius 3 is 3.06 bits per heavy atom. The van der Waals surface area contributed by atoms with Crippen molar-refractivity contribution < 1.29 is 0 Å². The van der Waals surface area contributed by atoms with E-state index in [9.17, 15) is 0 Å². The molecule has 5 heteroatoms. The summed E-state index contributed by atoms with van der Waals surface area (Å²) in [7, 11) is 0. The van der Waals surface area contributed by atoms with Gasteiger partial charge in [-0.1, -0.05) is 6.92 Å². The zero-order valence-corrected chi connectivity index (χ0v) is 10.2. The van der Waals surface area contributed by atoms with Gasteiger partial charge in [0.1, 0.15) is 0 Å². The van der Waals surface area contributed by atoms with E-state index in [-0.39, 0.29) is 0 Å². The van der Waals surface area contributed by atoms with E-state index in [1.165, 1.54) is 5.01 Å². The molecule has 0 amide bonds. The summed E-state index contributed by atoms with van der Waals surface area (Å²) >= 11 is 1.70. The van der Waals surface area contributed by atoms with Crippen LogP contribution in [0.4, 0.5) is 5.95 Å². The van der Waals surface area contributed by atoms with Crippen LogP contribution in [-0.2, 0) is 13.0 Å². The Hall–Kier alpha value is -1.36. The Morgan fingerprint density at radius 2 is 2.31 bits per heavy atom. The number of aryl methyl sites for hydroxylation is 2. The van der Waals surface area contributed by atoms with Crippen LogP contribution in [0, 0.1) is 0 Å². The van der Waals surface area contributed by atoms with Gasteiger partial charge in [-0.15, -0.1) is 11.3 Å². The summed E-state index contributed by atoms with van der Waals surface area (Å²) in [6.45, 7) is 4.05. The van der Waals surface area contributed by atoms with E-state index in [1.807, 2.05) is 24.0 Å². The highest BCUT2D eigenvalue weighted by Gasteiger charge is 2.02. The van der Waals surface area contributed by atoms with Gasteiger partial charge < -0.3 is 9.88 Å². The molecule has 2 aromatic heterocycles. The molecule has 0 saturated carbocycles. The standard InChI is InChI=1S/C11H16N4S/c1-2-4-13-11-14-5-8-15(11)7-3-10-12-6-9-16-10/h5-6,8-9H,2-4,7H2,1H3,(H,13,14). The van der Waals surface area contributed by atoms with Crippen molar-refractivity contribution in [2.45, 2.75) is 26.3 Å². The molecule has 0 aliphatic carbocycles. The highest BCUT2D eigenvalue weighted by molar-refractivity contribution is 7.09. The lowest BCUT2D eigenvalue weighted by Gasteiger charge is -2.07. The summed E-state index contributed by atoms with van der Waals surface area (Å²) in [5.74, 6) is 0.957. The maximum absolute atomic E-state index is 4.29. The van der Waals surface area contributed by atoms with Crippen LogP contribution < -0.4 is 5.32 Å². The van der Waals surface area contributed by atoms with Gasteiger partial charge in [0, 0.05) is 43.5 Å². The molecule has 2 heterocycles. The second-order valence-corrected chi connectivity index (χ2v) is 4.53. The van der Waals surface area contributed by atoms with Gasteiger partial charge in [0.05, 0.1) is 5.01 Å². The van der Waals surface area contributed by atoms with Gasteiger partial charge in [-0.05, 0) is 6.42 Å². The normalized spacial score (nSPS) is 10.6. The van der Waals surface area contributed by atoms with Gasteiger partial charge >= 0.3 is 0 Å². The summed E-state index contributed by atoms with van der Waals surface area (Å²) in [5, 5.41) is 6.50. The number of thiazole rings is 1. The monoisotopic (exact) mass is 236 g/mol. The van der Waals surface area contributed by atoms with E-state index < -0.39 is 0 Å². The fraction of sp³-hybridized carbons (Fsp3) is 0.455. The highest BCUT2D eigenvalue weighted by Crippen LogP contribution is 2.09. The third kappa shape index (κ3) is 2.82. The van der Waals surface area contributed by atoms with Gasteiger partial charge in [0.15, 0.2) is 0 Å². The molecule has 0 aromatic carbocycles. The molecular formula is C11H16N4S. The molecule has 2 rings (SSSR count). The van der Waals surface area contributed by atoms with Crippen LogP contribution in [0.1, 0.15) is 18.4 Å². The maximum Gasteiger partial charge on any atom is 0.202 e. The summed E-state index contributed by atoms with van der Waals surface area (Å²) in [6.07, 6.45) is 7.77. The molecule has 4 nitrogen and oxygen atoms in total. The quantitative estimate of drug-likeness (QED) is 0.837. The molecule has 0 spiro atoms. The molecule has 1 N–H and O–H groups in total. The highest BCUT2D eigenvalue weighted by atomic mass is 32.1. The van der Waals surface area contributed by atoms with Crippen LogP contribution in [0.25, 0.3) is 0 Å². The molecule has 86 valence electrons. The molecular weight excluding hydrogens is 220 g/mol. The number of imidazole rings is 1. The van der Waals surface area contributed by atoms with Crippen LogP contribution >= 0.6 is 11.3 Å². The van der Waals surface area contributed by atoms with Crippen molar-refractivity contribution >= 4 is 17.3 Å². The predicted octanol–water partition coefficient (Wildman–Crippen LogP) is 2.40. The number of nitrogens with zero attached hydrogens (tertiary/aromatic N) is 3. The van der Waals surface area contributed by atoms with Crippen molar-refractivity contribution in [1.82, 2.24) is 14.5 Å². The number of hydrogen-bond donors (Lipinski definition) is 1. The Kier molecular flexibility index (Phi) is 3.93. The molecule has 0 saturated heterocycles. The van der Waals surface area contributed by atoms with Crippen LogP contribution in [-0.4, -0.2) is 21.1 Å². The van der Waals surface area contributed by atoms with Crippen molar-refractivity contribution in [3.05, 3.63) is 29.0 Å². The van der Waals surface area contributed by atoms with E-state index in [2.05, 4.69) is 26.8 Å². The smallest absolute Gasteiger partial charge is 0.202 e. The largest absolute Gasteiger partial charge is 0.356 e. The van der Waals surface area contributed by atoms with Gasteiger partial charge in [-0.3, -0.25) is 0 Å². The number of rotatable bonds is 6. The van der Waals surface area contributed by atoms with Crippen LogP contribution in [0.2, 0.25) is 0 Å². The number of aromatic nitrogens is 3. The SMILES string of the molecule is CCCNc1nccn1CCc1nccs1.